The second-order valence-corrected chi connectivity index (χ2v) is 5.69. The van der Waals surface area contributed by atoms with Crippen LogP contribution < -0.4 is 5.32 Å². The van der Waals surface area contributed by atoms with Crippen molar-refractivity contribution >= 4 is 23.2 Å². The van der Waals surface area contributed by atoms with Gasteiger partial charge in [0.2, 0.25) is 0 Å². The number of piperidine rings is 1. The van der Waals surface area contributed by atoms with Gasteiger partial charge in [0, 0.05) is 29.2 Å². The summed E-state index contributed by atoms with van der Waals surface area (Å²) in [4.78, 5) is 2.49. The average molecular weight is 287 g/mol. The van der Waals surface area contributed by atoms with Gasteiger partial charge in [0.25, 0.3) is 0 Å². The van der Waals surface area contributed by atoms with Gasteiger partial charge in [0.05, 0.1) is 0 Å². The Bertz CT molecular complexity index is 395. The Labute approximate surface area is 119 Å². The highest BCUT2D eigenvalue weighted by atomic mass is 35.5. The van der Waals surface area contributed by atoms with Crippen molar-refractivity contribution in [3.8, 4) is 0 Å². The van der Waals surface area contributed by atoms with Crippen LogP contribution in [-0.2, 0) is 6.54 Å². The van der Waals surface area contributed by atoms with E-state index in [-0.39, 0.29) is 0 Å². The summed E-state index contributed by atoms with van der Waals surface area (Å²) < 4.78 is 0. The van der Waals surface area contributed by atoms with Gasteiger partial charge in [-0.05, 0) is 49.7 Å². The van der Waals surface area contributed by atoms with Crippen LogP contribution in [0.15, 0.2) is 18.2 Å². The Kier molecular flexibility index (Phi) is 5.31. The molecular weight excluding hydrogens is 267 g/mol. The molecule has 1 heterocycles. The first-order chi connectivity index (χ1) is 8.69. The first kappa shape index (κ1) is 14.1. The van der Waals surface area contributed by atoms with Crippen molar-refractivity contribution in [1.82, 2.24) is 10.2 Å². The molecule has 0 aromatic heterocycles. The molecule has 1 aliphatic rings. The molecule has 2 rings (SSSR count). The van der Waals surface area contributed by atoms with Gasteiger partial charge in [-0.1, -0.05) is 30.1 Å². The fourth-order valence-electron chi connectivity index (χ4n) is 2.44. The lowest BCUT2D eigenvalue weighted by Crippen LogP contribution is -2.45. The number of nitrogens with zero attached hydrogens (tertiary/aromatic N) is 1. The summed E-state index contributed by atoms with van der Waals surface area (Å²) in [5.74, 6) is 0. The number of rotatable bonds is 4. The van der Waals surface area contributed by atoms with Crippen LogP contribution in [0.4, 0.5) is 0 Å². The summed E-state index contributed by atoms with van der Waals surface area (Å²) in [7, 11) is 0. The molecule has 0 radical (unpaired) electrons. The number of benzene rings is 1. The van der Waals surface area contributed by atoms with E-state index in [1.165, 1.54) is 19.4 Å². The number of likely N-dealkylation sites (N-methyl/N-ethyl adjacent to an activating group) is 1. The smallest absolute Gasteiger partial charge is 0.0451 e. The molecule has 1 N–H and O–H groups in total. The van der Waals surface area contributed by atoms with E-state index in [4.69, 9.17) is 23.2 Å². The van der Waals surface area contributed by atoms with Crippen LogP contribution in [-0.4, -0.2) is 30.6 Å². The third-order valence-corrected chi connectivity index (χ3v) is 4.15. The minimum atomic E-state index is 0.564. The second kappa shape index (κ2) is 6.76. The van der Waals surface area contributed by atoms with Crippen molar-refractivity contribution in [3.63, 3.8) is 0 Å². The summed E-state index contributed by atoms with van der Waals surface area (Å²) in [6, 6.07) is 6.19. The van der Waals surface area contributed by atoms with Crippen molar-refractivity contribution in [1.29, 1.82) is 0 Å². The number of hydrogen-bond acceptors (Lipinski definition) is 2. The van der Waals surface area contributed by atoms with Crippen LogP contribution in [0.2, 0.25) is 10.0 Å². The number of halogens is 2. The zero-order valence-electron chi connectivity index (χ0n) is 10.8. The normalized spacial score (nSPS) is 21.2. The summed E-state index contributed by atoms with van der Waals surface area (Å²) in [6.45, 7) is 6.51. The number of nitrogens with one attached hydrogen (secondary N) is 1. The Morgan fingerprint density at radius 3 is 3.00 bits per heavy atom. The minimum Gasteiger partial charge on any atom is -0.309 e. The molecule has 1 aromatic carbocycles. The Hall–Kier alpha value is -0.280. The molecular formula is C14H20Cl2N2. The van der Waals surface area contributed by atoms with E-state index in [1.54, 1.807) is 0 Å². The van der Waals surface area contributed by atoms with Gasteiger partial charge in [-0.3, -0.25) is 0 Å². The lowest BCUT2D eigenvalue weighted by Gasteiger charge is -2.32. The summed E-state index contributed by atoms with van der Waals surface area (Å²) in [6.07, 6.45) is 2.52. The highest BCUT2D eigenvalue weighted by Gasteiger charge is 2.18. The van der Waals surface area contributed by atoms with Crippen molar-refractivity contribution in [2.45, 2.75) is 32.4 Å². The summed E-state index contributed by atoms with van der Waals surface area (Å²) in [5, 5.41) is 5.12. The maximum absolute atomic E-state index is 6.16. The lowest BCUT2D eigenvalue weighted by atomic mass is 10.1. The number of hydrogen-bond donors (Lipinski definition) is 1. The molecule has 18 heavy (non-hydrogen) atoms. The van der Waals surface area contributed by atoms with Crippen LogP contribution in [0.3, 0.4) is 0 Å². The van der Waals surface area contributed by atoms with E-state index in [0.29, 0.717) is 6.04 Å². The SMILES string of the molecule is CCN1CCCC(NCc2cc(Cl)ccc2Cl)C1. The van der Waals surface area contributed by atoms with E-state index < -0.39 is 0 Å². The molecule has 1 fully saturated rings. The fourth-order valence-corrected chi connectivity index (χ4v) is 2.82. The van der Waals surface area contributed by atoms with E-state index >= 15 is 0 Å². The summed E-state index contributed by atoms with van der Waals surface area (Å²) >= 11 is 12.2. The van der Waals surface area contributed by atoms with Crippen LogP contribution in [0.5, 0.6) is 0 Å². The highest BCUT2D eigenvalue weighted by molar-refractivity contribution is 6.33. The molecule has 2 nitrogen and oxygen atoms in total. The topological polar surface area (TPSA) is 15.3 Å². The Morgan fingerprint density at radius 2 is 2.22 bits per heavy atom. The van der Waals surface area contributed by atoms with Gasteiger partial charge in [0.1, 0.15) is 0 Å². The van der Waals surface area contributed by atoms with Crippen LogP contribution in [0.1, 0.15) is 25.3 Å². The quantitative estimate of drug-likeness (QED) is 0.910. The molecule has 1 aromatic rings. The second-order valence-electron chi connectivity index (χ2n) is 4.85. The lowest BCUT2D eigenvalue weighted by molar-refractivity contribution is 0.198. The molecule has 0 bridgehead atoms. The molecule has 100 valence electrons. The molecule has 4 heteroatoms. The molecule has 0 amide bonds. The highest BCUT2D eigenvalue weighted by Crippen LogP contribution is 2.21. The van der Waals surface area contributed by atoms with Crippen LogP contribution >= 0.6 is 23.2 Å². The predicted molar refractivity (Wildman–Crippen MR) is 78.4 cm³/mol. The van der Waals surface area contributed by atoms with Crippen molar-refractivity contribution in [2.24, 2.45) is 0 Å². The van der Waals surface area contributed by atoms with Gasteiger partial charge < -0.3 is 10.2 Å². The third kappa shape index (κ3) is 3.86. The number of likely N-dealkylation sites (tertiary alicyclic amines) is 1. The largest absolute Gasteiger partial charge is 0.309 e. The zero-order chi connectivity index (χ0) is 13.0. The van der Waals surface area contributed by atoms with Gasteiger partial charge in [-0.15, -0.1) is 0 Å². The maximum atomic E-state index is 6.16. The molecule has 1 unspecified atom stereocenters. The zero-order valence-corrected chi connectivity index (χ0v) is 12.3. The van der Waals surface area contributed by atoms with Gasteiger partial charge in [-0.25, -0.2) is 0 Å². The van der Waals surface area contributed by atoms with E-state index in [2.05, 4.69) is 17.1 Å². The standard InChI is InChI=1S/C14H20Cl2N2/c1-2-18-7-3-4-13(10-18)17-9-11-8-12(15)5-6-14(11)16/h5-6,8,13,17H,2-4,7,9-10H2,1H3. The molecule has 1 saturated heterocycles. The Morgan fingerprint density at radius 1 is 1.39 bits per heavy atom. The van der Waals surface area contributed by atoms with Crippen molar-refractivity contribution in [2.75, 3.05) is 19.6 Å². The monoisotopic (exact) mass is 286 g/mol. The maximum Gasteiger partial charge on any atom is 0.0451 e. The third-order valence-electron chi connectivity index (χ3n) is 3.54. The van der Waals surface area contributed by atoms with Gasteiger partial charge >= 0.3 is 0 Å². The van der Waals surface area contributed by atoms with Gasteiger partial charge in [-0.2, -0.15) is 0 Å². The van der Waals surface area contributed by atoms with E-state index in [9.17, 15) is 0 Å². The first-order valence-corrected chi connectivity index (χ1v) is 7.34. The fraction of sp³-hybridized carbons (Fsp3) is 0.571. The summed E-state index contributed by atoms with van der Waals surface area (Å²) in [5.41, 5.74) is 1.08. The minimum absolute atomic E-state index is 0.564. The van der Waals surface area contributed by atoms with E-state index in [0.717, 1.165) is 35.2 Å². The molecule has 0 spiro atoms. The molecule has 1 atom stereocenters. The van der Waals surface area contributed by atoms with Crippen LogP contribution in [0.25, 0.3) is 0 Å². The van der Waals surface area contributed by atoms with E-state index in [1.807, 2.05) is 18.2 Å². The molecule has 0 aliphatic carbocycles. The Balaban J connectivity index is 1.89. The molecule has 0 saturated carbocycles. The first-order valence-electron chi connectivity index (χ1n) is 6.58. The van der Waals surface area contributed by atoms with Crippen molar-refractivity contribution < 1.29 is 0 Å². The molecule has 1 aliphatic heterocycles. The predicted octanol–water partition coefficient (Wildman–Crippen LogP) is 3.57. The van der Waals surface area contributed by atoms with Gasteiger partial charge in [0.15, 0.2) is 0 Å². The average Bonchev–Trinajstić information content (AvgIpc) is 2.40. The van der Waals surface area contributed by atoms with Crippen LogP contribution in [0, 0.1) is 0 Å². The van der Waals surface area contributed by atoms with Crippen molar-refractivity contribution in [3.05, 3.63) is 33.8 Å².